The molecule has 1 saturated heterocycles. The molecule has 1 fully saturated rings. The Hall–Kier alpha value is -1.95. The van der Waals surface area contributed by atoms with Gasteiger partial charge in [0.05, 0.1) is 12.8 Å². The first-order valence-electron chi connectivity index (χ1n) is 8.38. The lowest BCUT2D eigenvalue weighted by atomic mass is 9.91. The second-order valence-electron chi connectivity index (χ2n) is 6.34. The summed E-state index contributed by atoms with van der Waals surface area (Å²) in [4.78, 5) is 15.3. The van der Waals surface area contributed by atoms with Gasteiger partial charge in [-0.15, -0.1) is 5.10 Å². The first-order valence-corrected chi connectivity index (χ1v) is 9.16. The van der Waals surface area contributed by atoms with Crippen LogP contribution in [0.4, 0.5) is 0 Å². The van der Waals surface area contributed by atoms with E-state index in [2.05, 4.69) is 21.7 Å². The number of hydrogen-bond acceptors (Lipinski definition) is 5. The Morgan fingerprint density at radius 2 is 2.33 bits per heavy atom. The lowest BCUT2D eigenvalue weighted by Gasteiger charge is -2.32. The summed E-state index contributed by atoms with van der Waals surface area (Å²) in [6, 6.07) is 8.24. The van der Waals surface area contributed by atoms with E-state index in [4.69, 9.17) is 4.74 Å². The number of carbonyl (C=O) groups is 1. The second-order valence-corrected chi connectivity index (χ2v) is 7.09. The highest BCUT2D eigenvalue weighted by atomic mass is 32.1. The van der Waals surface area contributed by atoms with E-state index in [9.17, 15) is 4.79 Å². The average Bonchev–Trinajstić information content (AvgIpc) is 3.05. The van der Waals surface area contributed by atoms with Crippen LogP contribution >= 0.6 is 11.5 Å². The van der Waals surface area contributed by atoms with Crippen LogP contribution in [0.5, 0.6) is 5.75 Å². The molecule has 1 unspecified atom stereocenters. The van der Waals surface area contributed by atoms with Gasteiger partial charge in [-0.1, -0.05) is 16.6 Å². The minimum absolute atomic E-state index is 0.0913. The van der Waals surface area contributed by atoms with E-state index in [1.54, 1.807) is 7.11 Å². The molecule has 24 heavy (non-hydrogen) atoms. The molecule has 1 aromatic carbocycles. The van der Waals surface area contributed by atoms with Gasteiger partial charge in [-0.25, -0.2) is 0 Å². The van der Waals surface area contributed by atoms with E-state index in [1.807, 2.05) is 24.0 Å². The maximum absolute atomic E-state index is 12.6. The van der Waals surface area contributed by atoms with Crippen molar-refractivity contribution in [1.82, 2.24) is 14.5 Å². The molecule has 5 nitrogen and oxygen atoms in total. The number of benzene rings is 1. The third-order valence-corrected chi connectivity index (χ3v) is 5.44. The van der Waals surface area contributed by atoms with Gasteiger partial charge in [-0.3, -0.25) is 4.79 Å². The van der Waals surface area contributed by atoms with Crippen LogP contribution in [0.15, 0.2) is 24.3 Å². The van der Waals surface area contributed by atoms with Crippen LogP contribution in [0.2, 0.25) is 0 Å². The van der Waals surface area contributed by atoms with Gasteiger partial charge in [0.25, 0.3) is 5.91 Å². The van der Waals surface area contributed by atoms with E-state index in [0.717, 1.165) is 43.8 Å². The van der Waals surface area contributed by atoms with Crippen LogP contribution in [0.1, 0.15) is 40.2 Å². The number of carbonyl (C=O) groups excluding carboxylic acids is 1. The standard InChI is InChI=1S/C18H23N3O2S/c1-13-17(24-20-19-13)18(22)21-10-4-6-15(12-21)9-8-14-5-3-7-16(11-14)23-2/h3,5,7,11,15H,4,6,8-10,12H2,1-2H3. The van der Waals surface area contributed by atoms with Crippen molar-refractivity contribution in [2.45, 2.75) is 32.6 Å². The van der Waals surface area contributed by atoms with Crippen molar-refractivity contribution in [1.29, 1.82) is 0 Å². The third-order valence-electron chi connectivity index (χ3n) is 4.63. The first-order chi connectivity index (χ1) is 11.7. The Labute approximate surface area is 146 Å². The van der Waals surface area contributed by atoms with Gasteiger partial charge < -0.3 is 9.64 Å². The molecule has 0 aliphatic carbocycles. The summed E-state index contributed by atoms with van der Waals surface area (Å²) in [5.74, 6) is 1.55. The summed E-state index contributed by atoms with van der Waals surface area (Å²) < 4.78 is 9.17. The Bertz CT molecular complexity index is 701. The minimum atomic E-state index is 0.0913. The Kier molecular flexibility index (Phi) is 5.45. The van der Waals surface area contributed by atoms with E-state index in [0.29, 0.717) is 10.8 Å². The number of piperidine rings is 1. The molecule has 1 aromatic heterocycles. The molecular weight excluding hydrogens is 322 g/mol. The molecule has 1 aliphatic rings. The largest absolute Gasteiger partial charge is 0.497 e. The zero-order valence-electron chi connectivity index (χ0n) is 14.2. The minimum Gasteiger partial charge on any atom is -0.497 e. The predicted octanol–water partition coefficient (Wildman–Crippen LogP) is 3.34. The molecule has 0 saturated carbocycles. The van der Waals surface area contributed by atoms with Crippen molar-refractivity contribution in [2.75, 3.05) is 20.2 Å². The first kappa shape index (κ1) is 16.9. The number of ether oxygens (including phenoxy) is 1. The monoisotopic (exact) mass is 345 g/mol. The van der Waals surface area contributed by atoms with Gasteiger partial charge in [-0.2, -0.15) is 0 Å². The number of hydrogen-bond donors (Lipinski definition) is 0. The van der Waals surface area contributed by atoms with E-state index in [-0.39, 0.29) is 5.91 Å². The molecule has 2 aromatic rings. The molecule has 6 heteroatoms. The Morgan fingerprint density at radius 1 is 1.46 bits per heavy atom. The molecule has 0 spiro atoms. The summed E-state index contributed by atoms with van der Waals surface area (Å²) in [6.07, 6.45) is 4.37. The summed E-state index contributed by atoms with van der Waals surface area (Å²) in [5.41, 5.74) is 2.03. The fourth-order valence-corrected chi connectivity index (χ4v) is 3.88. The maximum Gasteiger partial charge on any atom is 0.267 e. The van der Waals surface area contributed by atoms with Crippen molar-refractivity contribution in [2.24, 2.45) is 5.92 Å². The van der Waals surface area contributed by atoms with Gasteiger partial charge >= 0.3 is 0 Å². The van der Waals surface area contributed by atoms with Crippen molar-refractivity contribution in [3.63, 3.8) is 0 Å². The number of nitrogens with zero attached hydrogens (tertiary/aromatic N) is 3. The van der Waals surface area contributed by atoms with E-state index in [1.165, 1.54) is 23.5 Å². The number of methoxy groups -OCH3 is 1. The van der Waals surface area contributed by atoms with Crippen LogP contribution in [0, 0.1) is 12.8 Å². The van der Waals surface area contributed by atoms with E-state index >= 15 is 0 Å². The molecule has 1 aliphatic heterocycles. The topological polar surface area (TPSA) is 55.3 Å². The fraction of sp³-hybridized carbons (Fsp3) is 0.500. The molecule has 1 atom stereocenters. The van der Waals surface area contributed by atoms with Crippen molar-refractivity contribution >= 4 is 17.4 Å². The summed E-state index contributed by atoms with van der Waals surface area (Å²) in [7, 11) is 1.69. The summed E-state index contributed by atoms with van der Waals surface area (Å²) in [5, 5.41) is 3.95. The van der Waals surface area contributed by atoms with Gasteiger partial charge in [0, 0.05) is 13.1 Å². The average molecular weight is 345 g/mol. The van der Waals surface area contributed by atoms with Gasteiger partial charge in [-0.05, 0) is 67.8 Å². The third kappa shape index (κ3) is 3.93. The maximum atomic E-state index is 12.6. The zero-order chi connectivity index (χ0) is 16.9. The quantitative estimate of drug-likeness (QED) is 0.834. The van der Waals surface area contributed by atoms with Gasteiger partial charge in [0.15, 0.2) is 0 Å². The molecule has 0 radical (unpaired) electrons. The SMILES string of the molecule is COc1cccc(CCC2CCCN(C(=O)c3snnc3C)C2)c1. The molecule has 3 rings (SSSR count). The molecule has 0 N–H and O–H groups in total. The zero-order valence-corrected chi connectivity index (χ0v) is 15.0. The lowest BCUT2D eigenvalue weighted by molar-refractivity contribution is 0.0672. The number of rotatable bonds is 5. The Balaban J connectivity index is 1.57. The number of amides is 1. The Morgan fingerprint density at radius 3 is 3.08 bits per heavy atom. The van der Waals surface area contributed by atoms with Gasteiger partial charge in [0.2, 0.25) is 0 Å². The smallest absolute Gasteiger partial charge is 0.267 e. The van der Waals surface area contributed by atoms with Crippen LogP contribution < -0.4 is 4.74 Å². The highest BCUT2D eigenvalue weighted by Crippen LogP contribution is 2.25. The normalized spacial score (nSPS) is 17.8. The van der Waals surface area contributed by atoms with Gasteiger partial charge in [0.1, 0.15) is 10.6 Å². The molecule has 0 bridgehead atoms. The van der Waals surface area contributed by atoms with Crippen molar-refractivity contribution in [3.8, 4) is 5.75 Å². The van der Waals surface area contributed by atoms with Crippen molar-refractivity contribution in [3.05, 3.63) is 40.4 Å². The molecule has 2 heterocycles. The van der Waals surface area contributed by atoms with Crippen LogP contribution in [0.25, 0.3) is 0 Å². The fourth-order valence-electron chi connectivity index (χ4n) is 3.26. The second kappa shape index (κ2) is 7.75. The predicted molar refractivity (Wildman–Crippen MR) is 94.6 cm³/mol. The van der Waals surface area contributed by atoms with E-state index < -0.39 is 0 Å². The summed E-state index contributed by atoms with van der Waals surface area (Å²) in [6.45, 7) is 3.52. The lowest BCUT2D eigenvalue weighted by Crippen LogP contribution is -2.40. The van der Waals surface area contributed by atoms with Crippen LogP contribution in [-0.4, -0.2) is 40.6 Å². The van der Waals surface area contributed by atoms with Crippen LogP contribution in [0.3, 0.4) is 0 Å². The number of aromatic nitrogens is 2. The van der Waals surface area contributed by atoms with Crippen LogP contribution in [-0.2, 0) is 6.42 Å². The highest BCUT2D eigenvalue weighted by molar-refractivity contribution is 7.07. The highest BCUT2D eigenvalue weighted by Gasteiger charge is 2.26. The molecular formula is C18H23N3O2S. The summed E-state index contributed by atoms with van der Waals surface area (Å²) >= 11 is 1.20. The molecule has 1 amide bonds. The van der Waals surface area contributed by atoms with Crippen molar-refractivity contribution < 1.29 is 9.53 Å². The molecule has 128 valence electrons. The number of likely N-dealkylation sites (tertiary alicyclic amines) is 1. The number of aryl methyl sites for hydroxylation is 2.